The van der Waals surface area contributed by atoms with Gasteiger partial charge in [0.1, 0.15) is 0 Å². The number of nitrogens with one attached hydrogen (secondary N) is 1. The maximum absolute atomic E-state index is 11.4. The molecule has 0 aliphatic rings. The molecule has 18 heavy (non-hydrogen) atoms. The fraction of sp³-hybridized carbons (Fsp3) is 0.0909. The molecule has 2 rings (SSSR count). The van der Waals surface area contributed by atoms with Crippen LogP contribution in [0.1, 0.15) is 15.2 Å². The number of carbonyl (C=O) groups is 1. The summed E-state index contributed by atoms with van der Waals surface area (Å²) in [6.45, 7) is 1.93. The van der Waals surface area contributed by atoms with E-state index < -0.39 is 5.91 Å². The second-order valence-corrected chi connectivity index (χ2v) is 5.33. The first-order valence-corrected chi connectivity index (χ1v) is 6.25. The Morgan fingerprint density at radius 3 is 2.78 bits per heavy atom. The lowest BCUT2D eigenvalue weighted by atomic mass is 10.1. The number of nitrogens with zero attached hydrogens (tertiary/aromatic N) is 1. The number of nitrogen functional groups attached to an aromatic ring is 1. The van der Waals surface area contributed by atoms with Gasteiger partial charge in [0.15, 0.2) is 5.13 Å². The number of thiazole rings is 1. The van der Waals surface area contributed by atoms with Crippen molar-refractivity contribution in [2.45, 2.75) is 6.92 Å². The first kappa shape index (κ1) is 12.7. The number of primary amides is 1. The Kier molecular flexibility index (Phi) is 3.40. The summed E-state index contributed by atoms with van der Waals surface area (Å²) in [7, 11) is 0. The van der Waals surface area contributed by atoms with E-state index >= 15 is 0 Å². The fourth-order valence-electron chi connectivity index (χ4n) is 1.47. The molecule has 94 valence electrons. The third-order valence-electron chi connectivity index (χ3n) is 2.23. The van der Waals surface area contributed by atoms with Crippen LogP contribution in [0.15, 0.2) is 18.3 Å². The van der Waals surface area contributed by atoms with Gasteiger partial charge in [-0.25, -0.2) is 4.98 Å². The summed E-state index contributed by atoms with van der Waals surface area (Å²) in [5.41, 5.74) is 12.0. The molecule has 0 aliphatic carbocycles. The van der Waals surface area contributed by atoms with Crippen LogP contribution < -0.4 is 16.8 Å². The molecule has 5 N–H and O–H groups in total. The van der Waals surface area contributed by atoms with E-state index in [-0.39, 0.29) is 5.56 Å². The van der Waals surface area contributed by atoms with E-state index in [0.717, 1.165) is 4.88 Å². The number of carbonyl (C=O) groups excluding carboxylic acids is 1. The Morgan fingerprint density at radius 1 is 1.50 bits per heavy atom. The molecular weight excluding hydrogens is 272 g/mol. The number of hydrogen-bond donors (Lipinski definition) is 3. The standard InChI is InChI=1S/C11H11ClN4OS/c1-5-4-15-11(18-5)16-9-7(10(14)17)2-6(13)3-8(9)12/h2-4H,13H2,1H3,(H2,14,17)(H,15,16). The topological polar surface area (TPSA) is 94.0 Å². The number of nitrogens with two attached hydrogens (primary N) is 2. The van der Waals surface area contributed by atoms with Gasteiger partial charge in [-0.1, -0.05) is 11.6 Å². The predicted molar refractivity (Wildman–Crippen MR) is 74.5 cm³/mol. The highest BCUT2D eigenvalue weighted by Gasteiger charge is 2.14. The van der Waals surface area contributed by atoms with Gasteiger partial charge in [0, 0.05) is 16.8 Å². The van der Waals surface area contributed by atoms with E-state index in [1.54, 1.807) is 12.3 Å². The largest absolute Gasteiger partial charge is 0.399 e. The molecule has 1 heterocycles. The minimum atomic E-state index is -0.597. The van der Waals surface area contributed by atoms with Crippen LogP contribution in [0, 0.1) is 6.92 Å². The minimum absolute atomic E-state index is 0.243. The molecule has 5 nitrogen and oxygen atoms in total. The summed E-state index contributed by atoms with van der Waals surface area (Å²) >= 11 is 7.51. The molecule has 2 aromatic rings. The molecule has 7 heteroatoms. The van der Waals surface area contributed by atoms with Gasteiger partial charge < -0.3 is 16.8 Å². The maximum atomic E-state index is 11.4. The van der Waals surface area contributed by atoms with Crippen molar-refractivity contribution in [3.8, 4) is 0 Å². The minimum Gasteiger partial charge on any atom is -0.399 e. The van der Waals surface area contributed by atoms with Crippen molar-refractivity contribution in [1.29, 1.82) is 0 Å². The molecule has 1 aromatic heterocycles. The maximum Gasteiger partial charge on any atom is 0.250 e. The molecule has 1 amide bonds. The lowest BCUT2D eigenvalue weighted by molar-refractivity contribution is 0.100. The number of aryl methyl sites for hydroxylation is 1. The van der Waals surface area contributed by atoms with E-state index in [4.69, 9.17) is 23.1 Å². The highest BCUT2D eigenvalue weighted by molar-refractivity contribution is 7.15. The van der Waals surface area contributed by atoms with Crippen LogP contribution in [-0.2, 0) is 0 Å². The summed E-state index contributed by atoms with van der Waals surface area (Å²) in [4.78, 5) is 16.6. The Balaban J connectivity index is 2.46. The van der Waals surface area contributed by atoms with Gasteiger partial charge in [-0.2, -0.15) is 0 Å². The van der Waals surface area contributed by atoms with E-state index in [2.05, 4.69) is 10.3 Å². The molecule has 0 radical (unpaired) electrons. The quantitative estimate of drug-likeness (QED) is 0.754. The normalized spacial score (nSPS) is 10.3. The van der Waals surface area contributed by atoms with Crippen LogP contribution in [0.3, 0.4) is 0 Å². The Morgan fingerprint density at radius 2 is 2.22 bits per heavy atom. The lowest BCUT2D eigenvalue weighted by Crippen LogP contribution is -2.14. The monoisotopic (exact) mass is 282 g/mol. The number of halogens is 1. The summed E-state index contributed by atoms with van der Waals surface area (Å²) in [6.07, 6.45) is 1.72. The molecule has 0 spiro atoms. The van der Waals surface area contributed by atoms with Gasteiger partial charge in [-0.3, -0.25) is 4.79 Å². The van der Waals surface area contributed by atoms with Crippen molar-refractivity contribution >= 4 is 45.4 Å². The average Bonchev–Trinajstić information content (AvgIpc) is 2.67. The molecule has 0 saturated heterocycles. The van der Waals surface area contributed by atoms with Gasteiger partial charge in [-0.05, 0) is 19.1 Å². The SMILES string of the molecule is Cc1cnc(Nc2c(Cl)cc(N)cc2C(N)=O)s1. The van der Waals surface area contributed by atoms with E-state index in [9.17, 15) is 4.79 Å². The van der Waals surface area contributed by atoms with Crippen LogP contribution in [0.2, 0.25) is 5.02 Å². The molecule has 1 aromatic carbocycles. The zero-order valence-corrected chi connectivity index (χ0v) is 11.1. The second-order valence-electron chi connectivity index (χ2n) is 3.69. The first-order valence-electron chi connectivity index (χ1n) is 5.05. The number of amides is 1. The Hall–Kier alpha value is -1.79. The molecule has 0 saturated carbocycles. The molecule has 0 fully saturated rings. The van der Waals surface area contributed by atoms with E-state index in [1.807, 2.05) is 6.92 Å². The number of benzene rings is 1. The third-order valence-corrected chi connectivity index (χ3v) is 3.36. The smallest absolute Gasteiger partial charge is 0.250 e. The number of aromatic nitrogens is 1. The number of hydrogen-bond acceptors (Lipinski definition) is 5. The average molecular weight is 283 g/mol. The zero-order valence-electron chi connectivity index (χ0n) is 9.53. The van der Waals surface area contributed by atoms with Crippen molar-refractivity contribution in [1.82, 2.24) is 4.98 Å². The van der Waals surface area contributed by atoms with Crippen LogP contribution in [0.4, 0.5) is 16.5 Å². The summed E-state index contributed by atoms with van der Waals surface area (Å²) < 4.78 is 0. The zero-order chi connectivity index (χ0) is 13.3. The molecular formula is C11H11ClN4OS. The van der Waals surface area contributed by atoms with Crippen molar-refractivity contribution in [3.63, 3.8) is 0 Å². The van der Waals surface area contributed by atoms with Crippen LogP contribution in [-0.4, -0.2) is 10.9 Å². The summed E-state index contributed by atoms with van der Waals surface area (Å²) in [5.74, 6) is -0.597. The second kappa shape index (κ2) is 4.83. The molecule has 0 bridgehead atoms. The van der Waals surface area contributed by atoms with Gasteiger partial charge in [-0.15, -0.1) is 11.3 Å². The summed E-state index contributed by atoms with van der Waals surface area (Å²) in [5, 5.41) is 3.96. The number of rotatable bonds is 3. The highest BCUT2D eigenvalue weighted by Crippen LogP contribution is 2.32. The van der Waals surface area contributed by atoms with Crippen LogP contribution in [0.25, 0.3) is 0 Å². The fourth-order valence-corrected chi connectivity index (χ4v) is 2.41. The summed E-state index contributed by atoms with van der Waals surface area (Å²) in [6, 6.07) is 3.04. The van der Waals surface area contributed by atoms with Gasteiger partial charge in [0.2, 0.25) is 0 Å². The Labute approximate surface area is 113 Å². The Bertz CT molecular complexity index is 611. The van der Waals surface area contributed by atoms with Gasteiger partial charge in [0.25, 0.3) is 5.91 Å². The first-order chi connectivity index (χ1) is 8.47. The highest BCUT2D eigenvalue weighted by atomic mass is 35.5. The van der Waals surface area contributed by atoms with Crippen molar-refractivity contribution < 1.29 is 4.79 Å². The number of anilines is 3. The van der Waals surface area contributed by atoms with Crippen LogP contribution >= 0.6 is 22.9 Å². The molecule has 0 atom stereocenters. The molecule has 0 aliphatic heterocycles. The van der Waals surface area contributed by atoms with Crippen LogP contribution in [0.5, 0.6) is 0 Å². The van der Waals surface area contributed by atoms with Crippen molar-refractivity contribution in [3.05, 3.63) is 33.8 Å². The van der Waals surface area contributed by atoms with E-state index in [1.165, 1.54) is 17.4 Å². The third kappa shape index (κ3) is 2.55. The predicted octanol–water partition coefficient (Wildman–Crippen LogP) is 2.53. The van der Waals surface area contributed by atoms with Crippen molar-refractivity contribution in [2.75, 3.05) is 11.1 Å². The van der Waals surface area contributed by atoms with Gasteiger partial charge >= 0.3 is 0 Å². The van der Waals surface area contributed by atoms with Gasteiger partial charge in [0.05, 0.1) is 16.3 Å². The van der Waals surface area contributed by atoms with E-state index in [0.29, 0.717) is 21.5 Å². The lowest BCUT2D eigenvalue weighted by Gasteiger charge is -2.10. The molecule has 0 unspecified atom stereocenters. The van der Waals surface area contributed by atoms with Crippen molar-refractivity contribution in [2.24, 2.45) is 5.73 Å².